The number of nitrogens with zero attached hydrogens (tertiary/aromatic N) is 4. The highest BCUT2D eigenvalue weighted by atomic mass is 32.2. The van der Waals surface area contributed by atoms with Gasteiger partial charge in [-0.1, -0.05) is 5.16 Å². The topological polar surface area (TPSA) is 168 Å². The summed E-state index contributed by atoms with van der Waals surface area (Å²) in [4.78, 5) is 33.3. The summed E-state index contributed by atoms with van der Waals surface area (Å²) in [5.74, 6) is -0.888. The van der Waals surface area contributed by atoms with Crippen LogP contribution in [0, 0.1) is 0 Å². The molecular weight excluding hydrogens is 577 g/mol. The molecule has 1 aromatic carbocycles. The molecule has 0 radical (unpaired) electrons. The monoisotopic (exact) mass is 606 g/mol. The third-order valence-corrected chi connectivity index (χ3v) is 11.5. The number of ether oxygens (including phenoxy) is 1. The molecule has 2 aliphatic heterocycles. The highest BCUT2D eigenvalue weighted by molar-refractivity contribution is 7.91. The molecule has 214 valence electrons. The number of nitrogens with two attached hydrogens (primary N) is 1. The van der Waals surface area contributed by atoms with E-state index in [4.69, 9.17) is 15.7 Å². The van der Waals surface area contributed by atoms with E-state index < -0.39 is 22.0 Å². The lowest BCUT2D eigenvalue weighted by Crippen LogP contribution is -2.57. The Labute approximate surface area is 239 Å². The van der Waals surface area contributed by atoms with E-state index in [1.807, 2.05) is 0 Å². The Bertz CT molecular complexity index is 1580. The standard InChI is InChI=1S/C25H30N6O6S3/c1-3-37-21(32)11-17-13-30(6-7-31(17)25(33)24-28-18-8-14(2)27-12-20(18)39-24)40(35,36)22-10-16-9-15(23(26)29-34)4-5-19(16)38-22/h4-5,9-10,14,17,27,34H,3,6-8,11-13H2,1-2H3,(H2,26,29). The van der Waals surface area contributed by atoms with Gasteiger partial charge < -0.3 is 25.9 Å². The number of carbonyl (C=O) groups is 2. The van der Waals surface area contributed by atoms with Gasteiger partial charge in [-0.15, -0.1) is 22.7 Å². The summed E-state index contributed by atoms with van der Waals surface area (Å²) >= 11 is 2.45. The second-order valence-electron chi connectivity index (χ2n) is 9.70. The van der Waals surface area contributed by atoms with Crippen molar-refractivity contribution in [1.82, 2.24) is 19.5 Å². The lowest BCUT2D eigenvalue weighted by atomic mass is 10.1. The molecule has 1 amide bonds. The van der Waals surface area contributed by atoms with Crippen molar-refractivity contribution >= 4 is 60.5 Å². The van der Waals surface area contributed by atoms with E-state index in [0.29, 0.717) is 22.5 Å². The Morgan fingerprint density at radius 2 is 2.08 bits per heavy atom. The van der Waals surface area contributed by atoms with Crippen LogP contribution in [-0.4, -0.2) is 83.9 Å². The zero-order valence-electron chi connectivity index (χ0n) is 22.0. The maximum absolute atomic E-state index is 13.7. The molecule has 1 saturated heterocycles. The fourth-order valence-electron chi connectivity index (χ4n) is 4.91. The number of oxime groups is 1. The van der Waals surface area contributed by atoms with Crippen LogP contribution in [0.4, 0.5) is 0 Å². The maximum Gasteiger partial charge on any atom is 0.307 e. The molecule has 0 spiro atoms. The van der Waals surface area contributed by atoms with Gasteiger partial charge in [-0.25, -0.2) is 13.4 Å². The molecule has 4 heterocycles. The van der Waals surface area contributed by atoms with Gasteiger partial charge in [-0.3, -0.25) is 9.59 Å². The van der Waals surface area contributed by atoms with Crippen LogP contribution in [0.15, 0.2) is 33.6 Å². The first kappa shape index (κ1) is 28.4. The number of hydrogen-bond donors (Lipinski definition) is 3. The van der Waals surface area contributed by atoms with Gasteiger partial charge >= 0.3 is 5.97 Å². The van der Waals surface area contributed by atoms with Crippen LogP contribution in [0.5, 0.6) is 0 Å². The Hall–Kier alpha value is -3.11. The fourth-order valence-corrected chi connectivity index (χ4v) is 8.91. The number of rotatable bonds is 7. The summed E-state index contributed by atoms with van der Waals surface area (Å²) in [7, 11) is -3.94. The molecule has 3 aromatic rings. The molecule has 1 fully saturated rings. The van der Waals surface area contributed by atoms with Crippen molar-refractivity contribution in [3.8, 4) is 0 Å². The van der Waals surface area contributed by atoms with Gasteiger partial charge in [0.25, 0.3) is 15.9 Å². The molecule has 5 rings (SSSR count). The highest BCUT2D eigenvalue weighted by Gasteiger charge is 2.39. The number of nitrogens with one attached hydrogen (secondary N) is 1. The van der Waals surface area contributed by atoms with Crippen LogP contribution in [0.1, 0.15) is 46.2 Å². The fraction of sp³-hybridized carbons (Fsp3) is 0.440. The van der Waals surface area contributed by atoms with Crippen LogP contribution >= 0.6 is 22.7 Å². The normalized spacial score (nSPS) is 20.4. The number of thiazole rings is 1. The van der Waals surface area contributed by atoms with Crippen LogP contribution in [0.3, 0.4) is 0 Å². The van der Waals surface area contributed by atoms with Crippen LogP contribution in [-0.2, 0) is 32.5 Å². The zero-order chi connectivity index (χ0) is 28.6. The molecule has 4 N–H and O–H groups in total. The van der Waals surface area contributed by atoms with Crippen molar-refractivity contribution in [1.29, 1.82) is 0 Å². The summed E-state index contributed by atoms with van der Waals surface area (Å²) in [5, 5.41) is 16.3. The molecule has 40 heavy (non-hydrogen) atoms. The quantitative estimate of drug-likeness (QED) is 0.120. The number of benzene rings is 1. The van der Waals surface area contributed by atoms with Crippen molar-refractivity contribution in [2.75, 3.05) is 26.2 Å². The molecule has 15 heteroatoms. The summed E-state index contributed by atoms with van der Waals surface area (Å²) < 4.78 is 34.7. The zero-order valence-corrected chi connectivity index (χ0v) is 24.4. The van der Waals surface area contributed by atoms with Gasteiger partial charge in [0.05, 0.1) is 24.8 Å². The SMILES string of the molecule is CCOC(=O)CC1CN(S(=O)(=O)c2cc3cc(C(N)=NO)ccc3s2)CCN1C(=O)c1nc2c(s1)CNC(C)C2. The maximum atomic E-state index is 13.7. The number of amidine groups is 1. The Morgan fingerprint density at radius 3 is 2.83 bits per heavy atom. The predicted molar refractivity (Wildman–Crippen MR) is 151 cm³/mol. The number of thiophene rings is 1. The average molecular weight is 607 g/mol. The van der Waals surface area contributed by atoms with Gasteiger partial charge in [0.15, 0.2) is 10.8 Å². The van der Waals surface area contributed by atoms with Crippen LogP contribution in [0.2, 0.25) is 0 Å². The van der Waals surface area contributed by atoms with Crippen LogP contribution in [0.25, 0.3) is 10.1 Å². The van der Waals surface area contributed by atoms with Crippen molar-refractivity contribution in [3.05, 3.63) is 45.4 Å². The summed E-state index contributed by atoms with van der Waals surface area (Å²) in [5.41, 5.74) is 7.06. The molecule has 2 aliphatic rings. The molecule has 2 aromatic heterocycles. The number of carbonyl (C=O) groups excluding carboxylic acids is 2. The van der Waals surface area contributed by atoms with E-state index in [-0.39, 0.29) is 54.7 Å². The number of hydrogen-bond acceptors (Lipinski definition) is 11. The number of amides is 1. The first-order valence-electron chi connectivity index (χ1n) is 12.8. The second-order valence-corrected chi connectivity index (χ2v) is 14.0. The minimum absolute atomic E-state index is 0.0554. The first-order valence-corrected chi connectivity index (χ1v) is 15.9. The van der Waals surface area contributed by atoms with Crippen LogP contribution < -0.4 is 11.1 Å². The summed E-state index contributed by atoms with van der Waals surface area (Å²) in [6.07, 6.45) is 0.596. The van der Waals surface area contributed by atoms with E-state index in [0.717, 1.165) is 33.0 Å². The minimum Gasteiger partial charge on any atom is -0.466 e. The van der Waals surface area contributed by atoms with E-state index >= 15 is 0 Å². The van der Waals surface area contributed by atoms with Crippen molar-refractivity contribution in [2.24, 2.45) is 10.9 Å². The number of piperazine rings is 1. The summed E-state index contributed by atoms with van der Waals surface area (Å²) in [6, 6.07) is 6.13. The molecule has 0 aliphatic carbocycles. The van der Waals surface area contributed by atoms with Crippen molar-refractivity contribution < 1.29 is 28.0 Å². The average Bonchev–Trinajstić information content (AvgIpc) is 3.56. The third-order valence-electron chi connectivity index (χ3n) is 6.98. The van der Waals surface area contributed by atoms with Gasteiger partial charge in [0.2, 0.25) is 0 Å². The second kappa shape index (κ2) is 11.4. The number of sulfonamides is 1. The molecule has 12 nitrogen and oxygen atoms in total. The molecule has 0 saturated carbocycles. The predicted octanol–water partition coefficient (Wildman–Crippen LogP) is 1.95. The van der Waals surface area contributed by atoms with E-state index in [1.54, 1.807) is 36.1 Å². The molecule has 0 bridgehead atoms. The van der Waals surface area contributed by atoms with Gasteiger partial charge in [-0.05, 0) is 43.5 Å². The van der Waals surface area contributed by atoms with Gasteiger partial charge in [-0.2, -0.15) is 4.31 Å². The first-order chi connectivity index (χ1) is 19.1. The van der Waals surface area contributed by atoms with E-state index in [1.165, 1.54) is 15.6 Å². The Morgan fingerprint density at radius 1 is 1.27 bits per heavy atom. The third kappa shape index (κ3) is 5.56. The van der Waals surface area contributed by atoms with E-state index in [9.17, 15) is 18.0 Å². The van der Waals surface area contributed by atoms with Crippen molar-refractivity contribution in [2.45, 2.75) is 49.5 Å². The largest absolute Gasteiger partial charge is 0.466 e. The number of fused-ring (bicyclic) bond motifs is 2. The van der Waals surface area contributed by atoms with E-state index in [2.05, 4.69) is 22.4 Å². The Kier molecular flexibility index (Phi) is 8.10. The number of esters is 1. The molecular formula is C25H30N6O6S3. The lowest BCUT2D eigenvalue weighted by molar-refractivity contribution is -0.144. The summed E-state index contributed by atoms with van der Waals surface area (Å²) in [6.45, 7) is 4.71. The molecule has 2 unspecified atom stereocenters. The van der Waals surface area contributed by atoms with Gasteiger partial charge in [0.1, 0.15) is 4.21 Å². The molecule has 2 atom stereocenters. The Balaban J connectivity index is 1.40. The lowest BCUT2D eigenvalue weighted by Gasteiger charge is -2.39. The number of aromatic nitrogens is 1. The van der Waals surface area contributed by atoms with Crippen molar-refractivity contribution in [3.63, 3.8) is 0 Å². The smallest absolute Gasteiger partial charge is 0.307 e. The highest BCUT2D eigenvalue weighted by Crippen LogP contribution is 2.33. The van der Waals surface area contributed by atoms with Gasteiger partial charge in [0, 0.05) is 53.8 Å². The minimum atomic E-state index is -3.94.